The van der Waals surface area contributed by atoms with Crippen molar-refractivity contribution in [3.05, 3.63) is 48.3 Å². The fraction of sp³-hybridized carbons (Fsp3) is 0.526. The molecule has 4 rings (SSSR count). The van der Waals surface area contributed by atoms with Crippen LogP contribution in [-0.2, 0) is 24.3 Å². The number of nitrogens with zero attached hydrogens (tertiary/aromatic N) is 4. The second-order valence-electron chi connectivity index (χ2n) is 7.08. The summed E-state index contributed by atoms with van der Waals surface area (Å²) in [5.74, 6) is 1.31. The number of likely N-dealkylation sites (tertiary alicyclic amines) is 1. The zero-order valence-corrected chi connectivity index (χ0v) is 14.5. The molecule has 1 N–H and O–H groups in total. The second-order valence-corrected chi connectivity index (χ2v) is 7.08. The summed E-state index contributed by atoms with van der Waals surface area (Å²) in [6.45, 7) is 2.63. The predicted octanol–water partition coefficient (Wildman–Crippen LogP) is 1.76. The third kappa shape index (κ3) is 3.74. The van der Waals surface area contributed by atoms with E-state index in [0.29, 0.717) is 0 Å². The minimum absolute atomic E-state index is 0.0221. The number of carbonyl (C=O) groups is 1. The number of nitrogens with one attached hydrogen (secondary N) is 1. The molecule has 0 aromatic carbocycles. The van der Waals surface area contributed by atoms with E-state index in [4.69, 9.17) is 0 Å². The van der Waals surface area contributed by atoms with Crippen LogP contribution in [0, 0.1) is 0 Å². The van der Waals surface area contributed by atoms with Crippen LogP contribution in [0.1, 0.15) is 37.1 Å². The molecule has 2 aromatic heterocycles. The van der Waals surface area contributed by atoms with Crippen LogP contribution in [0.4, 0.5) is 0 Å². The van der Waals surface area contributed by atoms with Crippen molar-refractivity contribution in [3.63, 3.8) is 0 Å². The van der Waals surface area contributed by atoms with Crippen LogP contribution in [-0.4, -0.2) is 44.0 Å². The Balaban J connectivity index is 1.39. The van der Waals surface area contributed by atoms with Gasteiger partial charge in [-0.05, 0) is 43.5 Å². The van der Waals surface area contributed by atoms with Crippen LogP contribution >= 0.6 is 0 Å². The lowest BCUT2D eigenvalue weighted by Gasteiger charge is -2.36. The number of carbonyl (C=O) groups excluding carboxylic acids is 1. The molecule has 0 saturated carbocycles. The average Bonchev–Trinajstić information content (AvgIpc) is 3.11. The second kappa shape index (κ2) is 7.35. The first kappa shape index (κ1) is 16.3. The van der Waals surface area contributed by atoms with E-state index in [9.17, 15) is 4.79 Å². The van der Waals surface area contributed by atoms with Crippen LogP contribution < -0.4 is 5.32 Å². The number of pyridine rings is 1. The molecule has 1 amide bonds. The van der Waals surface area contributed by atoms with Crippen LogP contribution in [0.3, 0.4) is 0 Å². The van der Waals surface area contributed by atoms with Crippen molar-refractivity contribution in [2.75, 3.05) is 6.54 Å². The molecule has 0 spiro atoms. The Hall–Kier alpha value is -2.21. The van der Waals surface area contributed by atoms with Gasteiger partial charge in [0.05, 0.1) is 6.04 Å². The monoisotopic (exact) mass is 339 g/mol. The smallest absolute Gasteiger partial charge is 0.237 e. The van der Waals surface area contributed by atoms with Crippen molar-refractivity contribution in [1.29, 1.82) is 0 Å². The number of imidazole rings is 1. The Labute approximate surface area is 148 Å². The number of rotatable bonds is 4. The number of piperidine rings is 1. The Bertz CT molecular complexity index is 714. The quantitative estimate of drug-likeness (QED) is 0.922. The molecule has 0 radical (unpaired) electrons. The number of fused-ring (bicyclic) bond motifs is 1. The van der Waals surface area contributed by atoms with Crippen LogP contribution in [0.15, 0.2) is 36.9 Å². The van der Waals surface area contributed by atoms with E-state index in [2.05, 4.69) is 24.8 Å². The van der Waals surface area contributed by atoms with Crippen molar-refractivity contribution >= 4 is 5.91 Å². The molecule has 6 heteroatoms. The first-order valence-electron chi connectivity index (χ1n) is 9.23. The minimum atomic E-state index is -0.0221. The highest BCUT2D eigenvalue weighted by Crippen LogP contribution is 2.21. The molecule has 2 aromatic rings. The zero-order valence-electron chi connectivity index (χ0n) is 14.5. The largest absolute Gasteiger partial charge is 0.350 e. The summed E-state index contributed by atoms with van der Waals surface area (Å²) in [4.78, 5) is 23.7. The Morgan fingerprint density at radius 1 is 1.20 bits per heavy atom. The topological polar surface area (TPSA) is 63.1 Å². The molecule has 0 unspecified atom stereocenters. The fourth-order valence-corrected chi connectivity index (χ4v) is 3.98. The number of hydrogen-bond donors (Lipinski definition) is 1. The van der Waals surface area contributed by atoms with E-state index in [-0.39, 0.29) is 18.0 Å². The van der Waals surface area contributed by atoms with Crippen molar-refractivity contribution in [1.82, 2.24) is 24.8 Å². The Morgan fingerprint density at radius 3 is 2.96 bits per heavy atom. The average molecular weight is 339 g/mol. The predicted molar refractivity (Wildman–Crippen MR) is 94.8 cm³/mol. The maximum Gasteiger partial charge on any atom is 0.237 e. The zero-order chi connectivity index (χ0) is 17.1. The Morgan fingerprint density at radius 2 is 2.08 bits per heavy atom. The highest BCUT2D eigenvalue weighted by molar-refractivity contribution is 5.82. The van der Waals surface area contributed by atoms with E-state index in [1.807, 2.05) is 36.9 Å². The standard InChI is InChI=1S/C19H25N5O/c25-19(22-16-4-5-18-21-10-12-24(18)14-16)17-3-1-2-11-23(17)13-15-6-8-20-9-7-15/h6-10,12,16-17H,1-5,11,13-14H2,(H,22,25)/t16-,17-/m1/s1. The molecule has 0 aliphatic carbocycles. The van der Waals surface area contributed by atoms with Gasteiger partial charge in [0.1, 0.15) is 5.82 Å². The molecular formula is C19H25N5O. The van der Waals surface area contributed by atoms with Crippen molar-refractivity contribution in [2.45, 2.75) is 57.3 Å². The van der Waals surface area contributed by atoms with Crippen LogP contribution in [0.5, 0.6) is 0 Å². The molecule has 1 saturated heterocycles. The van der Waals surface area contributed by atoms with Gasteiger partial charge in [-0.3, -0.25) is 14.7 Å². The maximum atomic E-state index is 12.9. The highest BCUT2D eigenvalue weighted by atomic mass is 16.2. The first-order valence-corrected chi connectivity index (χ1v) is 9.23. The van der Waals surface area contributed by atoms with E-state index in [1.165, 1.54) is 5.56 Å². The number of hydrogen-bond acceptors (Lipinski definition) is 4. The fourth-order valence-electron chi connectivity index (χ4n) is 3.98. The normalized spacial score (nSPS) is 23.8. The van der Waals surface area contributed by atoms with Gasteiger partial charge in [-0.2, -0.15) is 0 Å². The number of aryl methyl sites for hydroxylation is 1. The van der Waals surface area contributed by atoms with E-state index < -0.39 is 0 Å². The van der Waals surface area contributed by atoms with Crippen molar-refractivity contribution < 1.29 is 4.79 Å². The molecule has 1 fully saturated rings. The molecular weight excluding hydrogens is 314 g/mol. The summed E-state index contributed by atoms with van der Waals surface area (Å²) in [6.07, 6.45) is 12.6. The summed E-state index contributed by atoms with van der Waals surface area (Å²) in [7, 11) is 0. The third-order valence-corrected chi connectivity index (χ3v) is 5.33. The van der Waals surface area contributed by atoms with Gasteiger partial charge in [-0.25, -0.2) is 4.98 Å². The lowest BCUT2D eigenvalue weighted by Crippen LogP contribution is -2.52. The molecule has 2 aliphatic rings. The lowest BCUT2D eigenvalue weighted by atomic mass is 9.99. The van der Waals surface area contributed by atoms with Gasteiger partial charge in [-0.15, -0.1) is 0 Å². The summed E-state index contributed by atoms with van der Waals surface area (Å²) < 4.78 is 2.16. The summed E-state index contributed by atoms with van der Waals surface area (Å²) in [5.41, 5.74) is 1.22. The SMILES string of the molecule is O=C(N[C@@H]1CCc2nccn2C1)[C@H]1CCCCN1Cc1ccncc1. The van der Waals surface area contributed by atoms with Gasteiger partial charge in [0, 0.05) is 50.3 Å². The Kier molecular flexibility index (Phi) is 4.78. The minimum Gasteiger partial charge on any atom is -0.350 e. The molecule has 132 valence electrons. The van der Waals surface area contributed by atoms with Gasteiger partial charge in [0.15, 0.2) is 0 Å². The highest BCUT2D eigenvalue weighted by Gasteiger charge is 2.30. The van der Waals surface area contributed by atoms with Gasteiger partial charge < -0.3 is 9.88 Å². The van der Waals surface area contributed by atoms with E-state index >= 15 is 0 Å². The number of amides is 1. The van der Waals surface area contributed by atoms with Crippen LogP contribution in [0.25, 0.3) is 0 Å². The molecule has 0 bridgehead atoms. The third-order valence-electron chi connectivity index (χ3n) is 5.33. The van der Waals surface area contributed by atoms with E-state index in [1.54, 1.807) is 0 Å². The lowest BCUT2D eigenvalue weighted by molar-refractivity contribution is -0.128. The van der Waals surface area contributed by atoms with Crippen molar-refractivity contribution in [2.24, 2.45) is 0 Å². The molecule has 4 heterocycles. The molecule has 6 nitrogen and oxygen atoms in total. The van der Waals surface area contributed by atoms with E-state index in [0.717, 1.165) is 57.6 Å². The molecule has 2 aliphatic heterocycles. The van der Waals surface area contributed by atoms with Gasteiger partial charge >= 0.3 is 0 Å². The van der Waals surface area contributed by atoms with Gasteiger partial charge in [-0.1, -0.05) is 6.42 Å². The number of aromatic nitrogens is 3. The van der Waals surface area contributed by atoms with Crippen molar-refractivity contribution in [3.8, 4) is 0 Å². The first-order chi connectivity index (χ1) is 12.3. The van der Waals surface area contributed by atoms with Crippen LogP contribution in [0.2, 0.25) is 0 Å². The summed E-state index contributed by atoms with van der Waals surface area (Å²) in [6, 6.07) is 4.25. The molecule has 2 atom stereocenters. The summed E-state index contributed by atoms with van der Waals surface area (Å²) in [5, 5.41) is 3.29. The maximum absolute atomic E-state index is 12.9. The van der Waals surface area contributed by atoms with Gasteiger partial charge in [0.2, 0.25) is 5.91 Å². The van der Waals surface area contributed by atoms with Gasteiger partial charge in [0.25, 0.3) is 0 Å². The summed E-state index contributed by atoms with van der Waals surface area (Å²) >= 11 is 0. The molecule has 25 heavy (non-hydrogen) atoms.